The minimum absolute atomic E-state index is 0.00650. The molecule has 8 heteroatoms. The molecule has 0 spiro atoms. The van der Waals surface area contributed by atoms with E-state index in [9.17, 15) is 12.8 Å². The quantitative estimate of drug-likeness (QED) is 0.775. The Kier molecular flexibility index (Phi) is 6.79. The first kappa shape index (κ1) is 19.7. The van der Waals surface area contributed by atoms with E-state index in [0.29, 0.717) is 0 Å². The highest BCUT2D eigenvalue weighted by molar-refractivity contribution is 7.89. The summed E-state index contributed by atoms with van der Waals surface area (Å²) in [6.07, 6.45) is 0. The number of likely N-dealkylation sites (N-methyl/N-ethyl adjacent to an activating group) is 1. The van der Waals surface area contributed by atoms with Crippen molar-refractivity contribution >= 4 is 10.0 Å². The van der Waals surface area contributed by atoms with E-state index in [1.165, 1.54) is 14.2 Å². The molecule has 1 N–H and O–H groups in total. The predicted molar refractivity (Wildman–Crippen MR) is 87.0 cm³/mol. The fraction of sp³-hybridized carbons (Fsp3) is 0.600. The van der Waals surface area contributed by atoms with Gasteiger partial charge in [-0.15, -0.1) is 0 Å². The van der Waals surface area contributed by atoms with Crippen LogP contribution in [0.2, 0.25) is 0 Å². The topological polar surface area (TPSA) is 67.9 Å². The molecule has 0 fully saturated rings. The van der Waals surface area contributed by atoms with Gasteiger partial charge in [0, 0.05) is 24.7 Å². The molecule has 0 aromatic heterocycles. The van der Waals surface area contributed by atoms with Crippen molar-refractivity contribution < 1.29 is 22.3 Å². The molecule has 1 aromatic carbocycles. The summed E-state index contributed by atoms with van der Waals surface area (Å²) in [6.45, 7) is 4.17. The lowest BCUT2D eigenvalue weighted by molar-refractivity contribution is 0.233. The molecule has 0 amide bonds. The van der Waals surface area contributed by atoms with Gasteiger partial charge in [-0.05, 0) is 20.0 Å². The lowest BCUT2D eigenvalue weighted by Crippen LogP contribution is -2.43. The summed E-state index contributed by atoms with van der Waals surface area (Å²) in [5.41, 5.74) is 0. The smallest absolute Gasteiger partial charge is 0.243 e. The Morgan fingerprint density at radius 3 is 2.13 bits per heavy atom. The molecule has 6 nitrogen and oxygen atoms in total. The summed E-state index contributed by atoms with van der Waals surface area (Å²) in [6, 6.07) is 2.11. The molecule has 0 aliphatic rings. The molecule has 1 atom stereocenters. The zero-order chi connectivity index (χ0) is 17.8. The van der Waals surface area contributed by atoms with Crippen LogP contribution in [0.1, 0.15) is 13.8 Å². The Morgan fingerprint density at radius 1 is 1.17 bits per heavy atom. The maximum absolute atomic E-state index is 14.1. The van der Waals surface area contributed by atoms with E-state index in [1.54, 1.807) is 0 Å². The van der Waals surface area contributed by atoms with Crippen molar-refractivity contribution in [3.63, 3.8) is 0 Å². The summed E-state index contributed by atoms with van der Waals surface area (Å²) in [4.78, 5) is 1.47. The number of sulfonamides is 1. The largest absolute Gasteiger partial charge is 0.493 e. The average molecular weight is 348 g/mol. The fourth-order valence-corrected chi connectivity index (χ4v) is 3.45. The molecule has 0 unspecified atom stereocenters. The highest BCUT2D eigenvalue weighted by atomic mass is 32.2. The van der Waals surface area contributed by atoms with Crippen LogP contribution >= 0.6 is 0 Å². The molecule has 0 saturated heterocycles. The van der Waals surface area contributed by atoms with Crippen molar-refractivity contribution in [1.82, 2.24) is 9.62 Å². The number of hydrogen-bond donors (Lipinski definition) is 1. The number of methoxy groups -OCH3 is 2. The van der Waals surface area contributed by atoms with Crippen LogP contribution in [0.3, 0.4) is 0 Å². The predicted octanol–water partition coefficient (Wildman–Crippen LogP) is 1.71. The minimum Gasteiger partial charge on any atom is -0.493 e. The van der Waals surface area contributed by atoms with Gasteiger partial charge >= 0.3 is 0 Å². The highest BCUT2D eigenvalue weighted by Crippen LogP contribution is 2.31. The van der Waals surface area contributed by atoms with E-state index in [4.69, 9.17) is 9.47 Å². The van der Waals surface area contributed by atoms with E-state index in [2.05, 4.69) is 4.72 Å². The Labute approximate surface area is 137 Å². The molecular formula is C15H25FN2O4S. The molecule has 1 rings (SSSR count). The highest BCUT2D eigenvalue weighted by Gasteiger charge is 2.25. The van der Waals surface area contributed by atoms with Gasteiger partial charge in [0.1, 0.15) is 10.7 Å². The molecular weight excluding hydrogens is 323 g/mol. The van der Waals surface area contributed by atoms with Gasteiger partial charge in [-0.2, -0.15) is 0 Å². The Bertz CT molecular complexity index is 625. The minimum atomic E-state index is -4.00. The maximum atomic E-state index is 14.1. The number of ether oxygens (including phenoxy) is 2. The van der Waals surface area contributed by atoms with Crippen molar-refractivity contribution in [2.24, 2.45) is 5.92 Å². The molecule has 0 aliphatic heterocycles. The first-order valence-electron chi connectivity index (χ1n) is 7.21. The molecule has 132 valence electrons. The molecule has 0 aliphatic carbocycles. The molecule has 0 bridgehead atoms. The lowest BCUT2D eigenvalue weighted by atomic mass is 10.0. The van der Waals surface area contributed by atoms with Crippen LogP contribution in [0.5, 0.6) is 11.5 Å². The monoisotopic (exact) mass is 348 g/mol. The van der Waals surface area contributed by atoms with Crippen molar-refractivity contribution in [3.8, 4) is 11.5 Å². The van der Waals surface area contributed by atoms with Crippen molar-refractivity contribution in [2.45, 2.75) is 24.8 Å². The van der Waals surface area contributed by atoms with E-state index in [0.717, 1.165) is 12.1 Å². The number of rotatable bonds is 8. The Morgan fingerprint density at radius 2 is 1.70 bits per heavy atom. The maximum Gasteiger partial charge on any atom is 0.243 e. The van der Waals surface area contributed by atoms with Gasteiger partial charge in [0.25, 0.3) is 0 Å². The van der Waals surface area contributed by atoms with E-state index >= 15 is 0 Å². The van der Waals surface area contributed by atoms with Crippen LogP contribution in [-0.4, -0.2) is 54.2 Å². The summed E-state index contributed by atoms with van der Waals surface area (Å²) in [5.74, 6) is -0.358. The normalized spacial score (nSPS) is 13.4. The number of hydrogen-bond acceptors (Lipinski definition) is 5. The number of benzene rings is 1. The number of nitrogens with zero attached hydrogens (tertiary/aromatic N) is 1. The van der Waals surface area contributed by atoms with Gasteiger partial charge in [-0.3, -0.25) is 0 Å². The third-order valence-corrected chi connectivity index (χ3v) is 5.08. The lowest BCUT2D eigenvalue weighted by Gasteiger charge is -2.28. The third-order valence-electron chi connectivity index (χ3n) is 3.64. The molecule has 1 aromatic rings. The summed E-state index contributed by atoms with van der Waals surface area (Å²) < 4.78 is 51.4. The van der Waals surface area contributed by atoms with Crippen molar-refractivity contribution in [3.05, 3.63) is 17.9 Å². The molecule has 23 heavy (non-hydrogen) atoms. The third kappa shape index (κ3) is 4.79. The molecule has 0 radical (unpaired) electrons. The zero-order valence-corrected chi connectivity index (χ0v) is 15.2. The number of nitrogens with one attached hydrogen (secondary N) is 1. The van der Waals surface area contributed by atoms with E-state index < -0.39 is 20.7 Å². The first-order chi connectivity index (χ1) is 10.6. The van der Waals surface area contributed by atoms with Gasteiger partial charge < -0.3 is 14.4 Å². The Balaban J connectivity index is 3.09. The van der Waals surface area contributed by atoms with Crippen LogP contribution in [-0.2, 0) is 10.0 Å². The summed E-state index contributed by atoms with van der Waals surface area (Å²) in [5, 5.41) is 0. The van der Waals surface area contributed by atoms with E-state index in [-0.39, 0.29) is 30.0 Å². The van der Waals surface area contributed by atoms with Gasteiger partial charge in [0.15, 0.2) is 11.5 Å². The first-order valence-corrected chi connectivity index (χ1v) is 8.70. The summed E-state index contributed by atoms with van der Waals surface area (Å²) in [7, 11) is 2.46. The van der Waals surface area contributed by atoms with Gasteiger partial charge in [-0.25, -0.2) is 17.5 Å². The van der Waals surface area contributed by atoms with Gasteiger partial charge in [-0.1, -0.05) is 13.8 Å². The van der Waals surface area contributed by atoms with Crippen LogP contribution in [0.25, 0.3) is 0 Å². The molecule has 0 saturated carbocycles. The Hall–Kier alpha value is -1.38. The zero-order valence-electron chi connectivity index (χ0n) is 14.4. The van der Waals surface area contributed by atoms with Crippen LogP contribution < -0.4 is 14.2 Å². The number of halogens is 1. The van der Waals surface area contributed by atoms with Crippen molar-refractivity contribution in [2.75, 3.05) is 34.9 Å². The van der Waals surface area contributed by atoms with Gasteiger partial charge in [0.2, 0.25) is 10.0 Å². The SMILES string of the molecule is COc1cc(F)c(S(=O)(=O)NC[C@@H](C(C)C)N(C)C)cc1OC. The van der Waals surface area contributed by atoms with Crippen molar-refractivity contribution in [1.29, 1.82) is 0 Å². The second kappa shape index (κ2) is 7.94. The molecule has 0 heterocycles. The standard InChI is InChI=1S/C15H25FN2O4S/c1-10(2)12(18(3)4)9-17-23(19,20)15-8-14(22-6)13(21-5)7-11(15)16/h7-8,10,12,17H,9H2,1-6H3/t12-/m0/s1. The summed E-state index contributed by atoms with van der Waals surface area (Å²) >= 11 is 0. The van der Waals surface area contributed by atoms with Crippen LogP contribution in [0.15, 0.2) is 17.0 Å². The van der Waals surface area contributed by atoms with Gasteiger partial charge in [0.05, 0.1) is 14.2 Å². The van der Waals surface area contributed by atoms with Crippen LogP contribution in [0, 0.1) is 11.7 Å². The second-order valence-electron chi connectivity index (χ2n) is 5.76. The van der Waals surface area contributed by atoms with E-state index in [1.807, 2.05) is 32.8 Å². The second-order valence-corrected chi connectivity index (χ2v) is 7.50. The van der Waals surface area contributed by atoms with Crippen LogP contribution in [0.4, 0.5) is 4.39 Å². The average Bonchev–Trinajstić information content (AvgIpc) is 2.45. The fourth-order valence-electron chi connectivity index (χ4n) is 2.33.